The van der Waals surface area contributed by atoms with Gasteiger partial charge >= 0.3 is 0 Å². The second kappa shape index (κ2) is 6.19. The fourth-order valence-electron chi connectivity index (χ4n) is 2.19. The molecule has 4 heteroatoms. The van der Waals surface area contributed by atoms with Crippen molar-refractivity contribution in [2.45, 2.75) is 37.8 Å². The largest absolute Gasteiger partial charge is 0.378 e. The van der Waals surface area contributed by atoms with Crippen LogP contribution in [0.5, 0.6) is 0 Å². The highest BCUT2D eigenvalue weighted by Gasteiger charge is 2.18. The van der Waals surface area contributed by atoms with Crippen molar-refractivity contribution in [2.24, 2.45) is 5.73 Å². The molecule has 0 saturated carbocycles. The minimum atomic E-state index is 0.0206. The summed E-state index contributed by atoms with van der Waals surface area (Å²) in [5, 5.41) is 0.732. The first kappa shape index (κ1) is 13.3. The Bertz CT molecular complexity index is 380. The Morgan fingerprint density at radius 1 is 1.53 bits per heavy atom. The lowest BCUT2D eigenvalue weighted by molar-refractivity contribution is 0.101. The van der Waals surface area contributed by atoms with Gasteiger partial charge in [-0.1, -0.05) is 27.5 Å². The Kier molecular flexibility index (Phi) is 4.86. The third-order valence-electron chi connectivity index (χ3n) is 3.18. The second-order valence-electron chi connectivity index (χ2n) is 4.48. The fraction of sp³-hybridized carbons (Fsp3) is 0.538. The van der Waals surface area contributed by atoms with Crippen molar-refractivity contribution < 1.29 is 4.74 Å². The van der Waals surface area contributed by atoms with Crippen molar-refractivity contribution in [1.29, 1.82) is 0 Å². The quantitative estimate of drug-likeness (QED) is 0.908. The first-order valence-corrected chi connectivity index (χ1v) is 7.16. The molecule has 1 heterocycles. The number of benzene rings is 1. The minimum Gasteiger partial charge on any atom is -0.378 e. The lowest BCUT2D eigenvalue weighted by Crippen LogP contribution is -2.14. The van der Waals surface area contributed by atoms with E-state index in [1.54, 1.807) is 0 Å². The smallest absolute Gasteiger partial charge is 0.0576 e. The predicted octanol–water partition coefficient (Wildman–Crippen LogP) is 4.06. The van der Waals surface area contributed by atoms with Gasteiger partial charge in [-0.05, 0) is 49.4 Å². The van der Waals surface area contributed by atoms with Crippen LogP contribution >= 0.6 is 27.5 Å². The van der Waals surface area contributed by atoms with Crippen molar-refractivity contribution in [2.75, 3.05) is 6.61 Å². The van der Waals surface area contributed by atoms with Crippen LogP contribution in [0.2, 0.25) is 5.02 Å². The average molecular weight is 319 g/mol. The summed E-state index contributed by atoms with van der Waals surface area (Å²) >= 11 is 9.50. The molecule has 0 aliphatic carbocycles. The van der Waals surface area contributed by atoms with Crippen LogP contribution in [-0.2, 0) is 4.74 Å². The average Bonchev–Trinajstić information content (AvgIpc) is 2.82. The van der Waals surface area contributed by atoms with Gasteiger partial charge in [-0.2, -0.15) is 0 Å². The Hall–Kier alpha value is -0.0900. The molecule has 1 aliphatic heterocycles. The van der Waals surface area contributed by atoms with Crippen molar-refractivity contribution >= 4 is 27.5 Å². The van der Waals surface area contributed by atoms with Crippen LogP contribution in [0.4, 0.5) is 0 Å². The van der Waals surface area contributed by atoms with Gasteiger partial charge in [-0.3, -0.25) is 0 Å². The van der Waals surface area contributed by atoms with Crippen molar-refractivity contribution in [3.05, 3.63) is 33.3 Å². The summed E-state index contributed by atoms with van der Waals surface area (Å²) in [6, 6.07) is 5.77. The molecular weight excluding hydrogens is 302 g/mol. The van der Waals surface area contributed by atoms with Crippen molar-refractivity contribution in [1.82, 2.24) is 0 Å². The summed E-state index contributed by atoms with van der Waals surface area (Å²) in [5.74, 6) is 0. The summed E-state index contributed by atoms with van der Waals surface area (Å²) in [4.78, 5) is 0. The zero-order valence-corrected chi connectivity index (χ0v) is 12.0. The monoisotopic (exact) mass is 317 g/mol. The summed E-state index contributed by atoms with van der Waals surface area (Å²) in [6.45, 7) is 0.904. The van der Waals surface area contributed by atoms with Crippen LogP contribution in [0.25, 0.3) is 0 Å². The van der Waals surface area contributed by atoms with E-state index in [4.69, 9.17) is 22.1 Å². The highest BCUT2D eigenvalue weighted by atomic mass is 79.9. The standard InChI is InChI=1S/C13H17BrClNO/c14-12-5-3-9(15)8-11(12)13(16)6-4-10-2-1-7-17-10/h3,5,8,10,13H,1-2,4,6-7,16H2. The van der Waals surface area contributed by atoms with E-state index in [9.17, 15) is 0 Å². The van der Waals surface area contributed by atoms with Gasteiger partial charge in [0.1, 0.15) is 0 Å². The summed E-state index contributed by atoms with van der Waals surface area (Å²) in [6.07, 6.45) is 4.72. The van der Waals surface area contributed by atoms with Gasteiger partial charge in [0, 0.05) is 22.1 Å². The number of ether oxygens (including phenoxy) is 1. The van der Waals surface area contributed by atoms with Gasteiger partial charge in [-0.15, -0.1) is 0 Å². The summed E-state index contributed by atoms with van der Waals surface area (Å²) in [5.41, 5.74) is 7.28. The molecule has 1 aromatic rings. The van der Waals surface area contributed by atoms with Gasteiger partial charge in [0.25, 0.3) is 0 Å². The number of nitrogens with two attached hydrogens (primary N) is 1. The molecule has 0 bridgehead atoms. The maximum absolute atomic E-state index is 6.20. The van der Waals surface area contributed by atoms with Gasteiger partial charge in [-0.25, -0.2) is 0 Å². The normalized spacial score (nSPS) is 21.7. The van der Waals surface area contributed by atoms with Gasteiger partial charge < -0.3 is 10.5 Å². The molecule has 0 spiro atoms. The van der Waals surface area contributed by atoms with E-state index in [1.807, 2.05) is 18.2 Å². The molecule has 2 nitrogen and oxygen atoms in total. The molecule has 0 radical (unpaired) electrons. The van der Waals surface area contributed by atoms with E-state index in [2.05, 4.69) is 15.9 Å². The Balaban J connectivity index is 1.93. The molecule has 2 N–H and O–H groups in total. The number of hydrogen-bond acceptors (Lipinski definition) is 2. The lowest BCUT2D eigenvalue weighted by atomic mass is 10.0. The molecular formula is C13H17BrClNO. The van der Waals surface area contributed by atoms with Gasteiger partial charge in [0.2, 0.25) is 0 Å². The highest BCUT2D eigenvalue weighted by molar-refractivity contribution is 9.10. The molecule has 1 fully saturated rings. The van der Waals surface area contributed by atoms with Gasteiger partial charge in [0.15, 0.2) is 0 Å². The van der Waals surface area contributed by atoms with Crippen LogP contribution < -0.4 is 5.73 Å². The lowest BCUT2D eigenvalue weighted by Gasteiger charge is -2.16. The van der Waals surface area contributed by atoms with Crippen molar-refractivity contribution in [3.8, 4) is 0 Å². The molecule has 1 saturated heterocycles. The third-order valence-corrected chi connectivity index (χ3v) is 4.14. The molecule has 2 rings (SSSR count). The number of halogens is 2. The Morgan fingerprint density at radius 3 is 3.06 bits per heavy atom. The number of hydrogen-bond donors (Lipinski definition) is 1. The van der Waals surface area contributed by atoms with Crippen LogP contribution in [0, 0.1) is 0 Å². The number of rotatable bonds is 4. The molecule has 1 aliphatic rings. The van der Waals surface area contributed by atoms with Crippen molar-refractivity contribution in [3.63, 3.8) is 0 Å². The first-order chi connectivity index (χ1) is 8.16. The molecule has 17 heavy (non-hydrogen) atoms. The maximum Gasteiger partial charge on any atom is 0.0576 e. The molecule has 0 amide bonds. The zero-order valence-electron chi connectivity index (χ0n) is 9.66. The maximum atomic E-state index is 6.20. The minimum absolute atomic E-state index is 0.0206. The Morgan fingerprint density at radius 2 is 2.35 bits per heavy atom. The van der Waals surface area contributed by atoms with Crippen LogP contribution in [0.1, 0.15) is 37.3 Å². The van der Waals surface area contributed by atoms with E-state index in [1.165, 1.54) is 12.8 Å². The molecule has 2 unspecified atom stereocenters. The topological polar surface area (TPSA) is 35.2 Å². The van der Waals surface area contributed by atoms with Crippen LogP contribution in [-0.4, -0.2) is 12.7 Å². The van der Waals surface area contributed by atoms with Crippen LogP contribution in [0.3, 0.4) is 0 Å². The van der Waals surface area contributed by atoms with E-state index >= 15 is 0 Å². The van der Waals surface area contributed by atoms with E-state index in [0.29, 0.717) is 6.10 Å². The van der Waals surface area contributed by atoms with Gasteiger partial charge in [0.05, 0.1) is 6.10 Å². The molecule has 1 aromatic carbocycles. The predicted molar refractivity (Wildman–Crippen MR) is 74.3 cm³/mol. The fourth-order valence-corrected chi connectivity index (χ4v) is 2.91. The summed E-state index contributed by atoms with van der Waals surface area (Å²) in [7, 11) is 0. The van der Waals surface area contributed by atoms with E-state index < -0.39 is 0 Å². The highest BCUT2D eigenvalue weighted by Crippen LogP contribution is 2.29. The molecule has 2 atom stereocenters. The first-order valence-electron chi connectivity index (χ1n) is 5.99. The SMILES string of the molecule is NC(CCC1CCCO1)c1cc(Cl)ccc1Br. The molecule has 94 valence electrons. The van der Waals surface area contributed by atoms with Crippen LogP contribution in [0.15, 0.2) is 22.7 Å². The summed E-state index contributed by atoms with van der Waals surface area (Å²) < 4.78 is 6.63. The third kappa shape index (κ3) is 3.68. The Labute approximate surface area is 116 Å². The second-order valence-corrected chi connectivity index (χ2v) is 5.78. The molecule has 0 aromatic heterocycles. The van der Waals surface area contributed by atoms with E-state index in [0.717, 1.165) is 34.5 Å². The zero-order chi connectivity index (χ0) is 12.3. The van der Waals surface area contributed by atoms with E-state index in [-0.39, 0.29) is 6.04 Å².